The number of thiol groups is 1. The summed E-state index contributed by atoms with van der Waals surface area (Å²) >= 11 is 5.30. The fourth-order valence-corrected chi connectivity index (χ4v) is 6.19. The second-order valence-corrected chi connectivity index (χ2v) is 15.9. The average Bonchev–Trinajstić information content (AvgIpc) is 3.27. The maximum Gasteiger partial charge on any atom is 0.328 e. The summed E-state index contributed by atoms with van der Waals surface area (Å²) in [4.78, 5) is 119. The predicted octanol–water partition coefficient (Wildman–Crippen LogP) is 2.41. The van der Waals surface area contributed by atoms with Gasteiger partial charge in [0.15, 0.2) is 5.12 Å². The van der Waals surface area contributed by atoms with E-state index in [1.54, 1.807) is 62.4 Å². The van der Waals surface area contributed by atoms with E-state index in [0.717, 1.165) is 0 Å². The van der Waals surface area contributed by atoms with Crippen molar-refractivity contribution >= 4 is 76.9 Å². The Kier molecular flexibility index (Phi) is 22.3. The lowest BCUT2D eigenvalue weighted by Gasteiger charge is -2.19. The molecule has 0 aliphatic carbocycles. The van der Waals surface area contributed by atoms with E-state index >= 15 is 0 Å². The van der Waals surface area contributed by atoms with Gasteiger partial charge in [-0.15, -0.1) is 0 Å². The third-order valence-electron chi connectivity index (χ3n) is 8.87. The smallest absolute Gasteiger partial charge is 0.328 e. The van der Waals surface area contributed by atoms with E-state index in [0.29, 0.717) is 35.7 Å². The Morgan fingerprint density at radius 1 is 0.692 bits per heavy atom. The van der Waals surface area contributed by atoms with Gasteiger partial charge in [0.05, 0.1) is 37.3 Å². The number of carbonyl (C=O) groups excluding carboxylic acids is 9. The highest BCUT2D eigenvalue weighted by atomic mass is 32.2. The number of aromatic nitrogens is 2. The summed E-state index contributed by atoms with van der Waals surface area (Å²) in [6.07, 6.45) is 8.82. The van der Waals surface area contributed by atoms with Crippen molar-refractivity contribution < 1.29 is 52.6 Å². The molecule has 21 heteroatoms. The quantitative estimate of drug-likeness (QED) is 0.0692. The van der Waals surface area contributed by atoms with Crippen LogP contribution in [0, 0.1) is 0 Å². The van der Waals surface area contributed by atoms with Crippen molar-refractivity contribution in [1.29, 1.82) is 0 Å². The second kappa shape index (κ2) is 27.5. The first kappa shape index (κ1) is 52.7. The van der Waals surface area contributed by atoms with Crippen molar-refractivity contribution in [3.05, 3.63) is 107 Å². The standard InChI is InChI=1S/C23H28N4O6S.C21H26N4O5S/c1-4-18-21(30)25-14(2)23(32)33-17(9-5-6-11-34-15(3)28)12-20(29)24-13-16-8-7-10-19(26-16)22(31)27-18;1-3-16-19(27)23-13(2)21(29)30-15(8-4-5-10-31)11-18(26)22-12-14-7-6-9-17(24-14)20(28)25-16/h4-5,7-10,14,17H,6,11-13H2,1-3H3,(H,24,29)(H,25,30)(H,27,31);3-4,6-9,13,15,31H,5,10-12H2,1-2H3,(H,22,26)(H,23,27)(H,25,28)/b9-5+,18-4-;8-4+,16-3-/t14-,17+;13-,15+/m00/s1. The molecular weight excluding hydrogens is 881 g/mol. The summed E-state index contributed by atoms with van der Waals surface area (Å²) in [5, 5.41) is 15.3. The van der Waals surface area contributed by atoms with E-state index in [1.165, 1.54) is 56.8 Å². The van der Waals surface area contributed by atoms with Gasteiger partial charge in [-0.1, -0.05) is 48.2 Å². The number of thioether (sulfide) groups is 1. The fourth-order valence-electron chi connectivity index (χ4n) is 5.50. The van der Waals surface area contributed by atoms with E-state index in [4.69, 9.17) is 9.47 Å². The highest BCUT2D eigenvalue weighted by Gasteiger charge is 2.26. The van der Waals surface area contributed by atoms with Gasteiger partial charge in [0.25, 0.3) is 23.6 Å². The van der Waals surface area contributed by atoms with E-state index < -0.39 is 65.8 Å². The van der Waals surface area contributed by atoms with Crippen molar-refractivity contribution in [2.24, 2.45) is 0 Å². The zero-order valence-electron chi connectivity index (χ0n) is 36.6. The Bertz CT molecular complexity index is 2210. The molecule has 65 heavy (non-hydrogen) atoms. The van der Waals surface area contributed by atoms with Crippen molar-refractivity contribution in [2.45, 2.75) is 97.7 Å². The Hall–Kier alpha value is -6.61. The van der Waals surface area contributed by atoms with Crippen LogP contribution in [0.1, 0.15) is 92.7 Å². The van der Waals surface area contributed by atoms with Crippen LogP contribution in [0.15, 0.2) is 84.2 Å². The number of hydrogen-bond acceptors (Lipinski definition) is 15. The summed E-state index contributed by atoms with van der Waals surface area (Å²) in [5.74, 6) is -3.54. The number of rotatable bonds is 7. The molecule has 2 aliphatic heterocycles. The SMILES string of the molecule is C/C=C1\NC(=O)c2cccc(n2)CNC(=O)C[C@@H](/C=C/CCS)OC(=O)[C@H](C)NC1=O.C/C=C1\NC(=O)c2cccc(n2)CNC(=O)C[C@@H](/C=C/CCSC(C)=O)OC(=O)[C@H](C)NC1=O. The third kappa shape index (κ3) is 19.0. The Balaban J connectivity index is 0.000000347. The molecule has 0 aromatic carbocycles. The minimum Gasteiger partial charge on any atom is -0.456 e. The molecule has 0 saturated heterocycles. The molecule has 348 valence electrons. The van der Waals surface area contributed by atoms with Crippen LogP contribution in [0.4, 0.5) is 0 Å². The molecule has 4 heterocycles. The summed E-state index contributed by atoms with van der Waals surface area (Å²) in [6.45, 7) is 7.68. The number of esters is 2. The molecule has 4 bridgehead atoms. The number of amides is 6. The minimum absolute atomic E-state index is 0.00264. The van der Waals surface area contributed by atoms with Gasteiger partial charge in [0, 0.05) is 12.7 Å². The number of allylic oxidation sites excluding steroid dienone is 4. The van der Waals surface area contributed by atoms with Gasteiger partial charge in [-0.3, -0.25) is 33.6 Å². The number of ether oxygens (including phenoxy) is 2. The van der Waals surface area contributed by atoms with Gasteiger partial charge in [-0.2, -0.15) is 12.6 Å². The monoisotopic (exact) mass is 934 g/mol. The lowest BCUT2D eigenvalue weighted by Crippen LogP contribution is -2.44. The minimum atomic E-state index is -1.04. The lowest BCUT2D eigenvalue weighted by atomic mass is 10.2. The Labute approximate surface area is 386 Å². The maximum atomic E-state index is 12.6. The van der Waals surface area contributed by atoms with Crippen LogP contribution in [0.25, 0.3) is 0 Å². The topological polar surface area (TPSA) is 270 Å². The second-order valence-electron chi connectivity index (χ2n) is 14.1. The molecule has 0 saturated carbocycles. The van der Waals surface area contributed by atoms with Crippen LogP contribution in [0.5, 0.6) is 0 Å². The molecule has 4 rings (SSSR count). The molecule has 0 fully saturated rings. The van der Waals surface area contributed by atoms with Crippen LogP contribution in [-0.2, 0) is 56.1 Å². The number of nitrogens with zero attached hydrogens (tertiary/aromatic N) is 2. The van der Waals surface area contributed by atoms with Gasteiger partial charge < -0.3 is 41.4 Å². The first-order chi connectivity index (χ1) is 31.0. The third-order valence-corrected chi connectivity index (χ3v) is 9.98. The number of hydrogen-bond donors (Lipinski definition) is 7. The van der Waals surface area contributed by atoms with E-state index in [1.807, 2.05) is 0 Å². The van der Waals surface area contributed by atoms with Crippen molar-refractivity contribution in [1.82, 2.24) is 41.9 Å². The molecule has 4 atom stereocenters. The molecule has 19 nitrogen and oxygen atoms in total. The van der Waals surface area contributed by atoms with Gasteiger partial charge in [0.1, 0.15) is 47.1 Å². The molecule has 0 radical (unpaired) electrons. The summed E-state index contributed by atoms with van der Waals surface area (Å²) in [6, 6.07) is 7.51. The zero-order valence-corrected chi connectivity index (χ0v) is 38.3. The Morgan fingerprint density at radius 3 is 1.52 bits per heavy atom. The summed E-state index contributed by atoms with van der Waals surface area (Å²) in [7, 11) is 0. The molecule has 6 N–H and O–H groups in total. The molecule has 0 spiro atoms. The maximum absolute atomic E-state index is 12.6. The van der Waals surface area contributed by atoms with Crippen LogP contribution in [0.3, 0.4) is 0 Å². The average molecular weight is 935 g/mol. The van der Waals surface area contributed by atoms with Gasteiger partial charge in [0.2, 0.25) is 11.8 Å². The Morgan fingerprint density at radius 2 is 1.12 bits per heavy atom. The van der Waals surface area contributed by atoms with Crippen LogP contribution in [-0.4, -0.2) is 98.3 Å². The number of fused-ring (bicyclic) bond motifs is 4. The van der Waals surface area contributed by atoms with Crippen molar-refractivity contribution in [2.75, 3.05) is 11.5 Å². The van der Waals surface area contributed by atoms with Crippen LogP contribution < -0.4 is 31.9 Å². The predicted molar refractivity (Wildman–Crippen MR) is 243 cm³/mol. The van der Waals surface area contributed by atoms with Crippen molar-refractivity contribution in [3.63, 3.8) is 0 Å². The molecule has 6 amide bonds. The molecular formula is C44H54N8O11S2. The fraction of sp³-hybridized carbons (Fsp3) is 0.386. The number of carbonyl (C=O) groups is 9. The molecule has 0 unspecified atom stereocenters. The first-order valence-corrected chi connectivity index (χ1v) is 22.2. The van der Waals surface area contributed by atoms with E-state index in [2.05, 4.69) is 54.5 Å². The summed E-state index contributed by atoms with van der Waals surface area (Å²) < 4.78 is 10.9. The molecule has 2 aliphatic rings. The number of pyridine rings is 2. The first-order valence-electron chi connectivity index (χ1n) is 20.5. The van der Waals surface area contributed by atoms with E-state index in [-0.39, 0.29) is 59.7 Å². The molecule has 2 aromatic rings. The molecule has 2 aromatic heterocycles. The highest BCUT2D eigenvalue weighted by Crippen LogP contribution is 2.11. The highest BCUT2D eigenvalue weighted by molar-refractivity contribution is 8.13. The van der Waals surface area contributed by atoms with Crippen LogP contribution >= 0.6 is 24.4 Å². The van der Waals surface area contributed by atoms with Crippen LogP contribution in [0.2, 0.25) is 0 Å². The summed E-state index contributed by atoms with van der Waals surface area (Å²) in [5.41, 5.74) is 0.999. The normalized spacial score (nSPS) is 22.1. The van der Waals surface area contributed by atoms with Gasteiger partial charge in [-0.25, -0.2) is 19.6 Å². The zero-order chi connectivity index (χ0) is 47.9. The van der Waals surface area contributed by atoms with Gasteiger partial charge >= 0.3 is 11.9 Å². The lowest BCUT2D eigenvalue weighted by molar-refractivity contribution is -0.152. The largest absolute Gasteiger partial charge is 0.456 e. The van der Waals surface area contributed by atoms with Gasteiger partial charge in [-0.05, 0) is 82.7 Å². The van der Waals surface area contributed by atoms with Crippen molar-refractivity contribution in [3.8, 4) is 0 Å². The number of cyclic esters (lactones) is 2. The number of nitrogens with one attached hydrogen (secondary N) is 6. The van der Waals surface area contributed by atoms with E-state index in [9.17, 15) is 43.2 Å².